The normalized spacial score (nSPS) is 11.9. The molecule has 20 heavy (non-hydrogen) atoms. The predicted molar refractivity (Wildman–Crippen MR) is 83.3 cm³/mol. The van der Waals surface area contributed by atoms with Gasteiger partial charge >= 0.3 is 0 Å². The summed E-state index contributed by atoms with van der Waals surface area (Å²) in [5, 5.41) is 1.06. The van der Waals surface area contributed by atoms with Crippen LogP contribution in [0.25, 0.3) is 22.6 Å². The largest absolute Gasteiger partial charge is 0.453 e. The van der Waals surface area contributed by atoms with Crippen LogP contribution in [-0.4, -0.2) is 9.97 Å². The number of furan rings is 1. The number of rotatable bonds is 1. The SMILES string of the molecule is CC(C)(C)c1cc(=S)nc(-c2cc3ccccc3o2)[nH]1. The van der Waals surface area contributed by atoms with Gasteiger partial charge in [0.25, 0.3) is 0 Å². The quantitative estimate of drug-likeness (QED) is 0.649. The molecule has 0 radical (unpaired) electrons. The number of para-hydroxylation sites is 1. The van der Waals surface area contributed by atoms with E-state index in [4.69, 9.17) is 16.6 Å². The van der Waals surface area contributed by atoms with Crippen molar-refractivity contribution in [3.8, 4) is 11.6 Å². The monoisotopic (exact) mass is 284 g/mol. The van der Waals surface area contributed by atoms with Crippen LogP contribution in [0.4, 0.5) is 0 Å². The molecular weight excluding hydrogens is 268 g/mol. The zero-order valence-corrected chi connectivity index (χ0v) is 12.5. The summed E-state index contributed by atoms with van der Waals surface area (Å²) in [4.78, 5) is 7.71. The van der Waals surface area contributed by atoms with Crippen molar-refractivity contribution < 1.29 is 4.42 Å². The first-order valence-electron chi connectivity index (χ1n) is 6.54. The summed E-state index contributed by atoms with van der Waals surface area (Å²) < 4.78 is 6.41. The molecule has 3 rings (SSSR count). The van der Waals surface area contributed by atoms with Crippen LogP contribution in [0, 0.1) is 4.64 Å². The Kier molecular flexibility index (Phi) is 2.98. The molecule has 2 aromatic heterocycles. The first-order chi connectivity index (χ1) is 9.43. The molecule has 0 fully saturated rings. The van der Waals surface area contributed by atoms with Crippen molar-refractivity contribution in [1.82, 2.24) is 9.97 Å². The molecule has 3 nitrogen and oxygen atoms in total. The highest BCUT2D eigenvalue weighted by Gasteiger charge is 2.17. The highest BCUT2D eigenvalue weighted by Crippen LogP contribution is 2.27. The van der Waals surface area contributed by atoms with Crippen LogP contribution in [0.5, 0.6) is 0 Å². The maximum absolute atomic E-state index is 5.84. The number of aromatic amines is 1. The summed E-state index contributed by atoms with van der Waals surface area (Å²) in [7, 11) is 0. The minimum Gasteiger partial charge on any atom is -0.453 e. The van der Waals surface area contributed by atoms with Gasteiger partial charge in [-0.15, -0.1) is 0 Å². The lowest BCUT2D eigenvalue weighted by Gasteiger charge is -2.18. The molecule has 3 aromatic rings. The average molecular weight is 284 g/mol. The molecule has 0 unspecified atom stereocenters. The second kappa shape index (κ2) is 4.56. The van der Waals surface area contributed by atoms with Gasteiger partial charge in [-0.05, 0) is 18.2 Å². The number of nitrogens with zero attached hydrogens (tertiary/aromatic N) is 1. The molecule has 0 aliphatic heterocycles. The molecule has 2 heterocycles. The average Bonchev–Trinajstić information content (AvgIpc) is 2.80. The van der Waals surface area contributed by atoms with Crippen molar-refractivity contribution in [2.45, 2.75) is 26.2 Å². The van der Waals surface area contributed by atoms with E-state index in [1.807, 2.05) is 36.4 Å². The summed E-state index contributed by atoms with van der Waals surface area (Å²) in [6.45, 7) is 6.40. The molecule has 102 valence electrons. The first kappa shape index (κ1) is 13.1. The molecular formula is C16H16N2OS. The van der Waals surface area contributed by atoms with E-state index in [1.54, 1.807) is 0 Å². The summed E-state index contributed by atoms with van der Waals surface area (Å²) >= 11 is 5.26. The fraction of sp³-hybridized carbons (Fsp3) is 0.250. The fourth-order valence-electron chi connectivity index (χ4n) is 2.08. The number of benzene rings is 1. The lowest BCUT2D eigenvalue weighted by molar-refractivity contribution is 0.563. The Hall–Kier alpha value is -1.94. The van der Waals surface area contributed by atoms with E-state index in [-0.39, 0.29) is 5.41 Å². The molecule has 0 saturated carbocycles. The van der Waals surface area contributed by atoms with Gasteiger partial charge in [0.1, 0.15) is 10.2 Å². The van der Waals surface area contributed by atoms with E-state index in [0.717, 1.165) is 16.7 Å². The number of aromatic nitrogens is 2. The molecule has 1 N–H and O–H groups in total. The molecule has 0 aliphatic carbocycles. The highest BCUT2D eigenvalue weighted by atomic mass is 32.1. The lowest BCUT2D eigenvalue weighted by atomic mass is 9.92. The second-order valence-electron chi connectivity index (χ2n) is 5.88. The fourth-order valence-corrected chi connectivity index (χ4v) is 2.29. The van der Waals surface area contributed by atoms with Gasteiger partial charge in [-0.25, -0.2) is 4.98 Å². The van der Waals surface area contributed by atoms with Crippen LogP contribution < -0.4 is 0 Å². The highest BCUT2D eigenvalue weighted by molar-refractivity contribution is 7.71. The second-order valence-corrected chi connectivity index (χ2v) is 6.30. The minimum absolute atomic E-state index is 0.0166. The third-order valence-electron chi connectivity index (χ3n) is 3.21. The Morgan fingerprint density at radius 1 is 1.15 bits per heavy atom. The van der Waals surface area contributed by atoms with Crippen LogP contribution >= 0.6 is 12.2 Å². The van der Waals surface area contributed by atoms with Crippen LogP contribution in [0.3, 0.4) is 0 Å². The lowest BCUT2D eigenvalue weighted by Crippen LogP contribution is -2.14. The van der Waals surface area contributed by atoms with Gasteiger partial charge in [-0.3, -0.25) is 0 Å². The van der Waals surface area contributed by atoms with E-state index in [0.29, 0.717) is 16.2 Å². The molecule has 0 aliphatic rings. The van der Waals surface area contributed by atoms with Crippen LogP contribution in [0.2, 0.25) is 0 Å². The maximum Gasteiger partial charge on any atom is 0.175 e. The molecule has 0 bridgehead atoms. The van der Waals surface area contributed by atoms with Crippen LogP contribution in [0.1, 0.15) is 26.5 Å². The number of H-pyrrole nitrogens is 1. The van der Waals surface area contributed by atoms with Crippen molar-refractivity contribution in [2.24, 2.45) is 0 Å². The number of fused-ring (bicyclic) bond motifs is 1. The van der Waals surface area contributed by atoms with Crippen LogP contribution in [0.15, 0.2) is 40.8 Å². The van der Waals surface area contributed by atoms with Gasteiger partial charge in [-0.1, -0.05) is 51.2 Å². The van der Waals surface area contributed by atoms with E-state index < -0.39 is 0 Å². The van der Waals surface area contributed by atoms with Crippen LogP contribution in [-0.2, 0) is 5.41 Å². The molecule has 0 atom stereocenters. The predicted octanol–water partition coefficient (Wildman–Crippen LogP) is 4.85. The van der Waals surface area contributed by atoms with E-state index in [1.165, 1.54) is 0 Å². The Morgan fingerprint density at radius 2 is 1.90 bits per heavy atom. The summed E-state index contributed by atoms with van der Waals surface area (Å²) in [6, 6.07) is 11.8. The van der Waals surface area contributed by atoms with E-state index in [2.05, 4.69) is 30.7 Å². The third kappa shape index (κ3) is 2.39. The van der Waals surface area contributed by atoms with Gasteiger partial charge in [0.15, 0.2) is 11.6 Å². The molecule has 1 aromatic carbocycles. The van der Waals surface area contributed by atoms with Crippen molar-refractivity contribution in [2.75, 3.05) is 0 Å². The van der Waals surface area contributed by atoms with E-state index >= 15 is 0 Å². The summed E-state index contributed by atoms with van der Waals surface area (Å²) in [5.41, 5.74) is 1.88. The Bertz CT molecular complexity index is 791. The topological polar surface area (TPSA) is 41.8 Å². The number of nitrogens with one attached hydrogen (secondary N) is 1. The number of hydrogen-bond acceptors (Lipinski definition) is 3. The molecule has 4 heteroatoms. The van der Waals surface area contributed by atoms with Gasteiger partial charge in [0.05, 0.1) is 0 Å². The van der Waals surface area contributed by atoms with Crippen molar-refractivity contribution in [1.29, 1.82) is 0 Å². The first-order valence-corrected chi connectivity index (χ1v) is 6.95. The van der Waals surface area contributed by atoms with E-state index in [9.17, 15) is 0 Å². The zero-order chi connectivity index (χ0) is 14.3. The summed E-state index contributed by atoms with van der Waals surface area (Å²) in [5.74, 6) is 1.39. The van der Waals surface area contributed by atoms with Crippen molar-refractivity contribution >= 4 is 23.2 Å². The van der Waals surface area contributed by atoms with Gasteiger partial charge < -0.3 is 9.40 Å². The van der Waals surface area contributed by atoms with Gasteiger partial charge in [-0.2, -0.15) is 0 Å². The molecule has 0 spiro atoms. The molecule has 0 amide bonds. The molecule has 0 saturated heterocycles. The van der Waals surface area contributed by atoms with Gasteiger partial charge in [0, 0.05) is 16.5 Å². The van der Waals surface area contributed by atoms with Crippen molar-refractivity contribution in [3.05, 3.63) is 46.7 Å². The summed E-state index contributed by atoms with van der Waals surface area (Å²) in [6.07, 6.45) is 0. The maximum atomic E-state index is 5.84. The Morgan fingerprint density at radius 3 is 2.60 bits per heavy atom. The smallest absolute Gasteiger partial charge is 0.175 e. The van der Waals surface area contributed by atoms with Crippen molar-refractivity contribution in [3.63, 3.8) is 0 Å². The Balaban J connectivity index is 2.19. The Labute approximate surface area is 122 Å². The van der Waals surface area contributed by atoms with Gasteiger partial charge in [0.2, 0.25) is 0 Å². The zero-order valence-electron chi connectivity index (χ0n) is 11.7. The number of hydrogen-bond donors (Lipinski definition) is 1. The third-order valence-corrected chi connectivity index (χ3v) is 3.42. The standard InChI is InChI=1S/C16H16N2OS/c1-16(2,3)13-9-14(20)18-15(17-13)12-8-10-6-4-5-7-11(10)19-12/h4-9H,1-3H3,(H,17,18,20). The minimum atomic E-state index is -0.0166.